The molecule has 0 aliphatic rings. The number of benzene rings is 2. The molecule has 0 bridgehead atoms. The van der Waals surface area contributed by atoms with Crippen molar-refractivity contribution in [2.75, 3.05) is 11.9 Å². The fourth-order valence-electron chi connectivity index (χ4n) is 2.91. The summed E-state index contributed by atoms with van der Waals surface area (Å²) < 4.78 is 0. The number of anilines is 2. The molecule has 5 heteroatoms. The van der Waals surface area contributed by atoms with Crippen molar-refractivity contribution in [3.63, 3.8) is 0 Å². The summed E-state index contributed by atoms with van der Waals surface area (Å²) in [6.45, 7) is 5.45. The number of quaternary nitrogens is 1. The molecule has 4 nitrogen and oxygen atoms in total. The van der Waals surface area contributed by atoms with Gasteiger partial charge in [0.05, 0.1) is 12.7 Å². The van der Waals surface area contributed by atoms with Crippen molar-refractivity contribution < 1.29 is 9.69 Å². The molecule has 0 spiro atoms. The number of nitrogens with one attached hydrogen (secondary N) is 1. The van der Waals surface area contributed by atoms with E-state index in [1.54, 1.807) is 11.8 Å². The van der Waals surface area contributed by atoms with Gasteiger partial charge in [-0.15, -0.1) is 11.3 Å². The van der Waals surface area contributed by atoms with E-state index in [1.807, 2.05) is 35.7 Å². The summed E-state index contributed by atoms with van der Waals surface area (Å²) >= 11 is 1.51. The maximum Gasteiger partial charge on any atom is 0.230 e. The highest BCUT2D eigenvalue weighted by Crippen LogP contribution is 2.28. The number of nitrogens with zero attached hydrogens (tertiary/aromatic N) is 2. The van der Waals surface area contributed by atoms with Crippen molar-refractivity contribution in [1.82, 2.24) is 4.98 Å². The van der Waals surface area contributed by atoms with E-state index < -0.39 is 0 Å². The number of carbonyl (C=O) groups is 1. The maximum absolute atomic E-state index is 12.1. The van der Waals surface area contributed by atoms with Crippen LogP contribution in [0.5, 0.6) is 0 Å². The highest BCUT2D eigenvalue weighted by molar-refractivity contribution is 7.14. The van der Waals surface area contributed by atoms with Gasteiger partial charge in [-0.2, -0.15) is 0 Å². The highest BCUT2D eigenvalue weighted by Gasteiger charge is 2.18. The van der Waals surface area contributed by atoms with Crippen LogP contribution in [0.15, 0.2) is 60.0 Å². The van der Waals surface area contributed by atoms with Crippen LogP contribution in [0.3, 0.4) is 0 Å². The Bertz CT molecular complexity index is 858. The van der Waals surface area contributed by atoms with Crippen molar-refractivity contribution in [3.05, 3.63) is 76.8 Å². The SMILES string of the molecule is CC(=O)N(c1ccccc1)c1nc(C[NH+](C)Cc2ccc(C)cc2)cs1. The van der Waals surface area contributed by atoms with Gasteiger partial charge in [0.25, 0.3) is 0 Å². The first-order valence-corrected chi connectivity index (χ1v) is 9.58. The van der Waals surface area contributed by atoms with Crippen LogP contribution < -0.4 is 9.80 Å². The van der Waals surface area contributed by atoms with Crippen molar-refractivity contribution in [1.29, 1.82) is 0 Å². The molecule has 1 heterocycles. The molecule has 0 saturated heterocycles. The summed E-state index contributed by atoms with van der Waals surface area (Å²) in [5.41, 5.74) is 4.46. The van der Waals surface area contributed by atoms with Gasteiger partial charge in [0.15, 0.2) is 5.13 Å². The first-order valence-electron chi connectivity index (χ1n) is 8.70. The smallest absolute Gasteiger partial charge is 0.230 e. The maximum atomic E-state index is 12.1. The number of thiazole rings is 1. The van der Waals surface area contributed by atoms with Crippen molar-refractivity contribution in [3.8, 4) is 0 Å². The second kappa shape index (κ2) is 8.25. The number of hydrogen-bond acceptors (Lipinski definition) is 3. The molecule has 26 heavy (non-hydrogen) atoms. The molecule has 2 aromatic carbocycles. The first-order chi connectivity index (χ1) is 12.5. The minimum Gasteiger partial charge on any atom is -0.329 e. The number of carbonyl (C=O) groups excluding carboxylic acids is 1. The Labute approximate surface area is 158 Å². The van der Waals surface area contributed by atoms with E-state index in [9.17, 15) is 4.79 Å². The number of aromatic nitrogens is 1. The topological polar surface area (TPSA) is 37.6 Å². The third kappa shape index (κ3) is 4.56. The standard InChI is InChI=1S/C21H23N3OS/c1-16-9-11-18(12-10-16)13-23(3)14-19-15-26-21(22-19)24(17(2)25)20-7-5-4-6-8-20/h4-12,15H,13-14H2,1-3H3/p+1. The van der Waals surface area contributed by atoms with E-state index in [4.69, 9.17) is 4.98 Å². The Morgan fingerprint density at radius 1 is 1.08 bits per heavy atom. The zero-order valence-corrected chi connectivity index (χ0v) is 16.2. The van der Waals surface area contributed by atoms with Gasteiger partial charge in [-0.05, 0) is 19.1 Å². The Morgan fingerprint density at radius 3 is 2.42 bits per heavy atom. The minimum atomic E-state index is -0.0301. The molecule has 1 amide bonds. The summed E-state index contributed by atoms with van der Waals surface area (Å²) in [5.74, 6) is -0.0301. The molecule has 134 valence electrons. The van der Waals surface area contributed by atoms with E-state index in [2.05, 4.69) is 38.2 Å². The zero-order chi connectivity index (χ0) is 18.5. The molecule has 3 rings (SSSR count). The van der Waals surface area contributed by atoms with Crippen LogP contribution in [-0.4, -0.2) is 17.9 Å². The fourth-order valence-corrected chi connectivity index (χ4v) is 3.80. The molecule has 3 aromatic rings. The average Bonchev–Trinajstić information content (AvgIpc) is 3.05. The zero-order valence-electron chi connectivity index (χ0n) is 15.4. The van der Waals surface area contributed by atoms with Crippen molar-refractivity contribution >= 4 is 28.1 Å². The van der Waals surface area contributed by atoms with Gasteiger partial charge in [-0.1, -0.05) is 48.0 Å². The average molecular weight is 367 g/mol. The second-order valence-electron chi connectivity index (χ2n) is 6.61. The quantitative estimate of drug-likeness (QED) is 0.726. The van der Waals surface area contributed by atoms with Gasteiger partial charge in [0.1, 0.15) is 18.8 Å². The van der Waals surface area contributed by atoms with Crippen LogP contribution in [0.1, 0.15) is 23.7 Å². The number of amides is 1. The number of hydrogen-bond donors (Lipinski definition) is 1. The first kappa shape index (κ1) is 18.3. The molecule has 1 unspecified atom stereocenters. The molecule has 1 N–H and O–H groups in total. The van der Waals surface area contributed by atoms with Gasteiger partial charge >= 0.3 is 0 Å². The molecular weight excluding hydrogens is 342 g/mol. The van der Waals surface area contributed by atoms with Crippen LogP contribution in [0.2, 0.25) is 0 Å². The van der Waals surface area contributed by atoms with Gasteiger partial charge in [-0.3, -0.25) is 9.69 Å². The molecule has 0 radical (unpaired) electrons. The Hall–Kier alpha value is -2.50. The van der Waals surface area contributed by atoms with Crippen molar-refractivity contribution in [2.45, 2.75) is 26.9 Å². The van der Waals surface area contributed by atoms with Crippen LogP contribution in [0.25, 0.3) is 0 Å². The van der Waals surface area contributed by atoms with Crippen LogP contribution >= 0.6 is 11.3 Å². The lowest BCUT2D eigenvalue weighted by Crippen LogP contribution is -3.06. The third-order valence-corrected chi connectivity index (χ3v) is 5.04. The number of aryl methyl sites for hydroxylation is 1. The van der Waals surface area contributed by atoms with E-state index >= 15 is 0 Å². The second-order valence-corrected chi connectivity index (χ2v) is 7.44. The predicted octanol–water partition coefficient (Wildman–Crippen LogP) is 3.35. The normalized spacial score (nSPS) is 12.0. The monoisotopic (exact) mass is 366 g/mol. The highest BCUT2D eigenvalue weighted by atomic mass is 32.1. The van der Waals surface area contributed by atoms with Gasteiger partial charge in [0, 0.05) is 17.9 Å². The van der Waals surface area contributed by atoms with Crippen LogP contribution in [0, 0.1) is 6.92 Å². The summed E-state index contributed by atoms with van der Waals surface area (Å²) in [7, 11) is 2.17. The minimum absolute atomic E-state index is 0.0301. The van der Waals surface area contributed by atoms with Crippen LogP contribution in [0.4, 0.5) is 10.8 Å². The van der Waals surface area contributed by atoms with E-state index in [0.717, 1.165) is 29.6 Å². The third-order valence-electron chi connectivity index (χ3n) is 4.17. The molecule has 0 fully saturated rings. The predicted molar refractivity (Wildman–Crippen MR) is 107 cm³/mol. The van der Waals surface area contributed by atoms with Gasteiger partial charge < -0.3 is 4.90 Å². The summed E-state index contributed by atoms with van der Waals surface area (Å²) in [4.78, 5) is 19.9. The summed E-state index contributed by atoms with van der Waals surface area (Å²) in [5, 5.41) is 2.77. The fraction of sp³-hybridized carbons (Fsp3) is 0.238. The molecule has 1 aromatic heterocycles. The lowest BCUT2D eigenvalue weighted by molar-refractivity contribution is -0.908. The summed E-state index contributed by atoms with van der Waals surface area (Å²) in [6.07, 6.45) is 0. The Morgan fingerprint density at radius 2 is 1.77 bits per heavy atom. The van der Waals surface area contributed by atoms with Gasteiger partial charge in [0.2, 0.25) is 5.91 Å². The number of para-hydroxylation sites is 1. The molecular formula is C21H24N3OS+. The molecule has 0 saturated carbocycles. The Kier molecular flexibility index (Phi) is 5.81. The van der Waals surface area contributed by atoms with Gasteiger partial charge in [-0.25, -0.2) is 4.98 Å². The largest absolute Gasteiger partial charge is 0.329 e. The van der Waals surface area contributed by atoms with Crippen molar-refractivity contribution in [2.24, 2.45) is 0 Å². The molecule has 1 atom stereocenters. The molecule has 0 aliphatic heterocycles. The molecule has 0 aliphatic carbocycles. The van der Waals surface area contributed by atoms with E-state index in [1.165, 1.54) is 27.4 Å². The Balaban J connectivity index is 1.70. The summed E-state index contributed by atoms with van der Waals surface area (Å²) in [6, 6.07) is 18.3. The lowest BCUT2D eigenvalue weighted by Gasteiger charge is -2.17. The van der Waals surface area contributed by atoms with Crippen LogP contribution in [-0.2, 0) is 17.9 Å². The van der Waals surface area contributed by atoms with E-state index in [0.29, 0.717) is 0 Å². The number of rotatable bonds is 6. The van der Waals surface area contributed by atoms with E-state index in [-0.39, 0.29) is 5.91 Å². The lowest BCUT2D eigenvalue weighted by atomic mass is 10.1.